The summed E-state index contributed by atoms with van der Waals surface area (Å²) in [6.07, 6.45) is 0. The van der Waals surface area contributed by atoms with Crippen LogP contribution in [0.3, 0.4) is 0 Å². The maximum absolute atomic E-state index is 14.3. The number of imide groups is 1. The molecule has 2 heterocycles. The zero-order chi connectivity index (χ0) is 16.2. The van der Waals surface area contributed by atoms with E-state index in [2.05, 4.69) is 5.32 Å². The zero-order valence-electron chi connectivity index (χ0n) is 11.2. The first kappa shape index (κ1) is 14.7. The molecule has 0 fully saturated rings. The van der Waals surface area contributed by atoms with Gasteiger partial charge in [0.05, 0.1) is 16.8 Å². The second-order valence-electron chi connectivity index (χ2n) is 4.85. The highest BCUT2D eigenvalue weighted by Gasteiger charge is 2.32. The van der Waals surface area contributed by atoms with Crippen molar-refractivity contribution >= 4 is 40.2 Å². The van der Waals surface area contributed by atoms with Gasteiger partial charge in [0, 0.05) is 9.64 Å². The first-order valence-electron chi connectivity index (χ1n) is 6.18. The quantitative estimate of drug-likeness (QED) is 0.546. The number of fused-ring (bicyclic) bond motifs is 1. The molecule has 0 unspecified atom stereocenters. The van der Waals surface area contributed by atoms with Gasteiger partial charge in [-0.05, 0) is 47.2 Å². The van der Waals surface area contributed by atoms with E-state index < -0.39 is 23.2 Å². The molecule has 0 bridgehead atoms. The number of aromatic nitrogens is 1. The van der Waals surface area contributed by atoms with Crippen molar-refractivity contribution in [1.29, 1.82) is 0 Å². The molecule has 0 radical (unpaired) electrons. The molecule has 0 spiro atoms. The van der Waals surface area contributed by atoms with Gasteiger partial charge in [0.1, 0.15) is 11.6 Å². The van der Waals surface area contributed by atoms with Crippen LogP contribution in [0.5, 0.6) is 0 Å². The molecule has 2 aromatic rings. The zero-order valence-corrected chi connectivity index (χ0v) is 13.4. The fourth-order valence-corrected chi connectivity index (χ4v) is 3.41. The van der Waals surface area contributed by atoms with Crippen LogP contribution in [0.4, 0.5) is 10.2 Å². The average molecular weight is 413 g/mol. The number of nitrogens with two attached hydrogens (primary N) is 1. The maximum Gasteiger partial charge on any atom is 0.262 e. The van der Waals surface area contributed by atoms with Gasteiger partial charge >= 0.3 is 0 Å². The number of amides is 2. The van der Waals surface area contributed by atoms with E-state index in [0.29, 0.717) is 9.13 Å². The number of rotatable bonds is 1. The Labute approximate surface area is 137 Å². The molecule has 6 nitrogen and oxygen atoms in total. The lowest BCUT2D eigenvalue weighted by molar-refractivity contribution is 0.0880. The van der Waals surface area contributed by atoms with Crippen LogP contribution in [0.25, 0.3) is 5.69 Å². The van der Waals surface area contributed by atoms with E-state index in [1.165, 1.54) is 6.07 Å². The van der Waals surface area contributed by atoms with E-state index >= 15 is 0 Å². The molecule has 0 atom stereocenters. The monoisotopic (exact) mass is 413 g/mol. The van der Waals surface area contributed by atoms with E-state index in [9.17, 15) is 18.8 Å². The second kappa shape index (κ2) is 4.90. The average Bonchev–Trinajstić information content (AvgIpc) is 2.67. The molecule has 1 aliphatic heterocycles. The van der Waals surface area contributed by atoms with Crippen LogP contribution in [0.1, 0.15) is 26.3 Å². The highest BCUT2D eigenvalue weighted by atomic mass is 127. The van der Waals surface area contributed by atoms with Crippen LogP contribution in [0.15, 0.2) is 23.0 Å². The fourth-order valence-electron chi connectivity index (χ4n) is 2.42. The third-order valence-corrected chi connectivity index (χ3v) is 4.16. The Bertz CT molecular complexity index is 897. The molecule has 112 valence electrons. The Morgan fingerprint density at radius 1 is 1.18 bits per heavy atom. The van der Waals surface area contributed by atoms with Crippen molar-refractivity contribution in [3.05, 3.63) is 54.6 Å². The second-order valence-corrected chi connectivity index (χ2v) is 6.01. The van der Waals surface area contributed by atoms with Gasteiger partial charge in [-0.25, -0.2) is 4.39 Å². The number of nitrogen functional groups attached to an aromatic ring is 1. The van der Waals surface area contributed by atoms with Crippen molar-refractivity contribution in [2.75, 3.05) is 5.73 Å². The third-order valence-electron chi connectivity index (χ3n) is 3.34. The lowest BCUT2D eigenvalue weighted by atomic mass is 10.1. The first-order chi connectivity index (χ1) is 10.3. The number of hydrogen-bond acceptors (Lipinski definition) is 4. The normalized spacial score (nSPS) is 13.2. The SMILES string of the molecule is Cc1cc(F)c(-n2c(N)c3c(cc2=O)C(=O)NC3=O)c(I)c1. The molecule has 0 saturated carbocycles. The molecule has 1 aromatic carbocycles. The maximum atomic E-state index is 14.3. The van der Waals surface area contributed by atoms with Crippen LogP contribution in [-0.2, 0) is 0 Å². The number of aryl methyl sites for hydroxylation is 1. The molecule has 8 heteroatoms. The topological polar surface area (TPSA) is 94.2 Å². The van der Waals surface area contributed by atoms with Crippen molar-refractivity contribution in [3.63, 3.8) is 0 Å². The Morgan fingerprint density at radius 3 is 2.50 bits per heavy atom. The van der Waals surface area contributed by atoms with E-state index in [1.54, 1.807) is 13.0 Å². The van der Waals surface area contributed by atoms with Gasteiger partial charge in [-0.15, -0.1) is 0 Å². The number of benzene rings is 1. The van der Waals surface area contributed by atoms with Gasteiger partial charge < -0.3 is 5.73 Å². The number of nitrogens with zero attached hydrogens (tertiary/aromatic N) is 1. The number of carbonyl (C=O) groups is 2. The summed E-state index contributed by atoms with van der Waals surface area (Å²) >= 11 is 1.88. The van der Waals surface area contributed by atoms with Crippen LogP contribution in [0.2, 0.25) is 0 Å². The summed E-state index contributed by atoms with van der Waals surface area (Å²) in [4.78, 5) is 35.7. The summed E-state index contributed by atoms with van der Waals surface area (Å²) in [5.74, 6) is -2.28. The molecule has 1 aromatic heterocycles. The fraction of sp³-hybridized carbons (Fsp3) is 0.0714. The first-order valence-corrected chi connectivity index (χ1v) is 7.26. The Hall–Kier alpha value is -2.23. The molecule has 3 rings (SSSR count). The van der Waals surface area contributed by atoms with Crippen LogP contribution < -0.4 is 16.6 Å². The van der Waals surface area contributed by atoms with Crippen LogP contribution >= 0.6 is 22.6 Å². The Kier molecular flexibility index (Phi) is 3.28. The number of hydrogen-bond donors (Lipinski definition) is 2. The largest absolute Gasteiger partial charge is 0.384 e. The highest BCUT2D eigenvalue weighted by Crippen LogP contribution is 2.27. The number of halogens is 2. The summed E-state index contributed by atoms with van der Waals surface area (Å²) in [6, 6.07) is 3.94. The molecular weight excluding hydrogens is 404 g/mol. The van der Waals surface area contributed by atoms with Gasteiger partial charge in [0.25, 0.3) is 17.4 Å². The van der Waals surface area contributed by atoms with Gasteiger partial charge in [0.2, 0.25) is 0 Å². The van der Waals surface area contributed by atoms with Crippen molar-refractivity contribution in [2.45, 2.75) is 6.92 Å². The molecule has 2 amide bonds. The lowest BCUT2D eigenvalue weighted by Crippen LogP contribution is -2.25. The number of anilines is 1. The summed E-state index contributed by atoms with van der Waals surface area (Å²) in [6.45, 7) is 1.72. The van der Waals surface area contributed by atoms with Crippen LogP contribution in [0, 0.1) is 16.3 Å². The summed E-state index contributed by atoms with van der Waals surface area (Å²) < 4.78 is 15.7. The summed E-state index contributed by atoms with van der Waals surface area (Å²) in [5, 5.41) is 2.06. The minimum atomic E-state index is -0.700. The van der Waals surface area contributed by atoms with Gasteiger partial charge in [-0.3, -0.25) is 24.3 Å². The third kappa shape index (κ3) is 2.02. The van der Waals surface area contributed by atoms with E-state index in [4.69, 9.17) is 5.73 Å². The van der Waals surface area contributed by atoms with Crippen LogP contribution in [-0.4, -0.2) is 16.4 Å². The Morgan fingerprint density at radius 2 is 1.86 bits per heavy atom. The number of carbonyl (C=O) groups excluding carboxylic acids is 2. The number of pyridine rings is 1. The van der Waals surface area contributed by atoms with Gasteiger partial charge in [-0.2, -0.15) is 0 Å². The van der Waals surface area contributed by atoms with Gasteiger partial charge in [0.15, 0.2) is 0 Å². The molecule has 0 aliphatic carbocycles. The predicted octanol–water partition coefficient (Wildman–Crippen LogP) is 1.36. The standard InChI is InChI=1S/C14H9FIN3O3/c1-5-2-7(15)11(8(16)3-5)19-9(20)4-6-10(12(19)17)14(22)18-13(6)21/h2-4H,17H2,1H3,(H,18,21,22). The Balaban J connectivity index is 2.40. The molecule has 3 N–H and O–H groups in total. The highest BCUT2D eigenvalue weighted by molar-refractivity contribution is 14.1. The lowest BCUT2D eigenvalue weighted by Gasteiger charge is -2.14. The summed E-state index contributed by atoms with van der Waals surface area (Å²) in [5.41, 5.74) is 5.64. The minimum Gasteiger partial charge on any atom is -0.384 e. The summed E-state index contributed by atoms with van der Waals surface area (Å²) in [7, 11) is 0. The predicted molar refractivity (Wildman–Crippen MR) is 85.7 cm³/mol. The van der Waals surface area contributed by atoms with Gasteiger partial charge in [-0.1, -0.05) is 0 Å². The van der Waals surface area contributed by atoms with Crippen molar-refractivity contribution < 1.29 is 14.0 Å². The smallest absolute Gasteiger partial charge is 0.262 e. The minimum absolute atomic E-state index is 0.0383. The van der Waals surface area contributed by atoms with E-state index in [-0.39, 0.29) is 22.6 Å². The van der Waals surface area contributed by atoms with E-state index in [0.717, 1.165) is 10.6 Å². The van der Waals surface area contributed by atoms with Crippen molar-refractivity contribution in [2.24, 2.45) is 0 Å². The van der Waals surface area contributed by atoms with Crippen molar-refractivity contribution in [1.82, 2.24) is 9.88 Å². The number of nitrogens with one attached hydrogen (secondary N) is 1. The molecule has 0 saturated heterocycles. The molecule has 22 heavy (non-hydrogen) atoms. The molecule has 1 aliphatic rings. The van der Waals surface area contributed by atoms with Crippen molar-refractivity contribution in [3.8, 4) is 5.69 Å². The molecular formula is C14H9FIN3O3. The van der Waals surface area contributed by atoms with E-state index in [1.807, 2.05) is 22.6 Å².